The highest BCUT2D eigenvalue weighted by molar-refractivity contribution is 7.85. The number of allylic oxidation sites excluding steroid dienone is 2. The number of hydrogen-bond acceptors (Lipinski definition) is 6. The Kier molecular flexibility index (Phi) is 13.9. The molecule has 0 saturated heterocycles. The van der Waals surface area contributed by atoms with E-state index in [2.05, 4.69) is 19.1 Å². The highest BCUT2D eigenvalue weighted by Gasteiger charge is 2.36. The van der Waals surface area contributed by atoms with Crippen molar-refractivity contribution in [1.29, 1.82) is 0 Å². The molecule has 1 heterocycles. The largest absolute Gasteiger partial charge is 0.392 e. The van der Waals surface area contributed by atoms with E-state index in [9.17, 15) is 23.4 Å². The molecule has 0 aromatic heterocycles. The van der Waals surface area contributed by atoms with Crippen LogP contribution in [0.1, 0.15) is 71.1 Å². The van der Waals surface area contributed by atoms with E-state index >= 15 is 0 Å². The van der Waals surface area contributed by atoms with Crippen molar-refractivity contribution in [3.05, 3.63) is 12.2 Å². The summed E-state index contributed by atoms with van der Waals surface area (Å²) in [5.74, 6) is -0.386. The fraction of sp³-hybridized carbons (Fsp3) is 0.818. The maximum atomic E-state index is 12.8. The van der Waals surface area contributed by atoms with Crippen LogP contribution in [0.15, 0.2) is 12.2 Å². The normalized spacial score (nSPS) is 15.9. The van der Waals surface area contributed by atoms with E-state index in [0.717, 1.165) is 44.9 Å². The van der Waals surface area contributed by atoms with Crippen molar-refractivity contribution in [1.82, 2.24) is 4.90 Å². The van der Waals surface area contributed by atoms with E-state index < -0.39 is 22.0 Å². The summed E-state index contributed by atoms with van der Waals surface area (Å²) in [5.41, 5.74) is 0. The van der Waals surface area contributed by atoms with E-state index in [1.165, 1.54) is 12.8 Å². The van der Waals surface area contributed by atoms with Crippen molar-refractivity contribution in [3.63, 3.8) is 0 Å². The highest BCUT2D eigenvalue weighted by Crippen LogP contribution is 2.12. The maximum absolute atomic E-state index is 12.8. The van der Waals surface area contributed by atoms with Crippen LogP contribution in [0.3, 0.4) is 0 Å². The molecule has 0 spiro atoms. The van der Waals surface area contributed by atoms with Crippen LogP contribution in [0.4, 0.5) is 0 Å². The van der Waals surface area contributed by atoms with Gasteiger partial charge in [-0.25, -0.2) is 0 Å². The molecule has 1 aliphatic rings. The Bertz CT molecular complexity index is 690. The van der Waals surface area contributed by atoms with Gasteiger partial charge in [0.05, 0.1) is 6.61 Å². The van der Waals surface area contributed by atoms with Crippen LogP contribution in [-0.4, -0.2) is 88.9 Å². The van der Waals surface area contributed by atoms with Crippen LogP contribution in [0, 0.1) is 0 Å². The zero-order chi connectivity index (χ0) is 23.1. The highest BCUT2D eigenvalue weighted by atomic mass is 32.2. The standard InChI is InChI=1S/C22H40N2O6S/c1-2-3-4-5-6-7-8-9-10-11-12-13-21(27)22-23(16-17-25)14-15-24(22)18-20(26)19-31(28,29)30/h5-6,20,25-26H,2-4,7-19H2,1H3/p+1/b6-5+. The number of aliphatic hydroxyl groups excluding tert-OH is 2. The molecule has 3 N–H and O–H groups in total. The Hall–Kier alpha value is -1.29. The van der Waals surface area contributed by atoms with Gasteiger partial charge in [0.15, 0.2) is 0 Å². The average molecular weight is 462 g/mol. The van der Waals surface area contributed by atoms with Crippen LogP contribution >= 0.6 is 0 Å². The first kappa shape index (κ1) is 27.7. The molecule has 1 unspecified atom stereocenters. The maximum Gasteiger partial charge on any atom is 0.316 e. The summed E-state index contributed by atoms with van der Waals surface area (Å²) in [7, 11) is -4.29. The van der Waals surface area contributed by atoms with Gasteiger partial charge in [-0.3, -0.25) is 18.8 Å². The molecule has 1 rings (SSSR count). The van der Waals surface area contributed by atoms with Gasteiger partial charge in [0, 0.05) is 6.42 Å². The number of Topliss-reactive ketones (excluding diaryl/α,β-unsaturated/α-hetero) is 1. The average Bonchev–Trinajstić information content (AvgIpc) is 3.06. The van der Waals surface area contributed by atoms with Gasteiger partial charge in [0.2, 0.25) is 5.78 Å². The summed E-state index contributed by atoms with van der Waals surface area (Å²) in [5, 5.41) is 19.2. The van der Waals surface area contributed by atoms with Gasteiger partial charge >= 0.3 is 5.84 Å². The fourth-order valence-corrected chi connectivity index (χ4v) is 4.41. The first-order valence-electron chi connectivity index (χ1n) is 11.6. The Morgan fingerprint density at radius 3 is 2.42 bits per heavy atom. The van der Waals surface area contributed by atoms with E-state index in [1.807, 2.05) is 0 Å². The lowest BCUT2D eigenvalue weighted by Crippen LogP contribution is -2.40. The molecule has 0 amide bonds. The van der Waals surface area contributed by atoms with Gasteiger partial charge in [-0.2, -0.15) is 8.42 Å². The van der Waals surface area contributed by atoms with Crippen LogP contribution in [0.2, 0.25) is 0 Å². The topological polar surface area (TPSA) is 118 Å². The molecule has 1 aliphatic heterocycles. The summed E-state index contributed by atoms with van der Waals surface area (Å²) < 4.78 is 32.5. The van der Waals surface area contributed by atoms with Gasteiger partial charge in [0.25, 0.3) is 10.1 Å². The smallest absolute Gasteiger partial charge is 0.316 e. The van der Waals surface area contributed by atoms with Gasteiger partial charge in [0.1, 0.15) is 38.0 Å². The second-order valence-corrected chi connectivity index (χ2v) is 9.72. The summed E-state index contributed by atoms with van der Waals surface area (Å²) in [6.45, 7) is 3.37. The number of ketones is 1. The van der Waals surface area contributed by atoms with Crippen molar-refractivity contribution < 1.29 is 32.6 Å². The lowest BCUT2D eigenvalue weighted by atomic mass is 10.1. The van der Waals surface area contributed by atoms with Gasteiger partial charge < -0.3 is 10.2 Å². The minimum absolute atomic E-state index is 0.0471. The number of carbonyl (C=O) groups is 1. The third-order valence-electron chi connectivity index (χ3n) is 5.36. The molecule has 0 radical (unpaired) electrons. The molecule has 0 aromatic carbocycles. The monoisotopic (exact) mass is 461 g/mol. The number of amidine groups is 1. The molecule has 180 valence electrons. The van der Waals surface area contributed by atoms with Crippen LogP contribution in [0.5, 0.6) is 0 Å². The third kappa shape index (κ3) is 12.4. The van der Waals surface area contributed by atoms with Crippen LogP contribution < -0.4 is 0 Å². The van der Waals surface area contributed by atoms with E-state index in [0.29, 0.717) is 31.9 Å². The molecule has 31 heavy (non-hydrogen) atoms. The van der Waals surface area contributed by atoms with Crippen LogP contribution in [-0.2, 0) is 14.9 Å². The summed E-state index contributed by atoms with van der Waals surface area (Å²) in [6.07, 6.45) is 13.5. The number of nitrogens with zero attached hydrogens (tertiary/aromatic N) is 2. The van der Waals surface area contributed by atoms with Crippen LogP contribution in [0.25, 0.3) is 0 Å². The SMILES string of the molecule is CCCC/C=C/CCCCCCCC(=O)C1=[N+](CC(O)CS(=O)(=O)O)CCN1CCO. The number of hydrogen-bond donors (Lipinski definition) is 3. The minimum atomic E-state index is -4.29. The number of unbranched alkanes of at least 4 members (excludes halogenated alkanes) is 7. The van der Waals surface area contributed by atoms with E-state index in [-0.39, 0.29) is 18.9 Å². The summed E-state index contributed by atoms with van der Waals surface area (Å²) >= 11 is 0. The molecule has 9 heteroatoms. The lowest BCUT2D eigenvalue weighted by molar-refractivity contribution is -0.525. The predicted molar refractivity (Wildman–Crippen MR) is 122 cm³/mol. The summed E-state index contributed by atoms with van der Waals surface area (Å²) in [6, 6.07) is 0. The molecule has 0 aromatic rings. The van der Waals surface area contributed by atoms with E-state index in [4.69, 9.17) is 4.55 Å². The van der Waals surface area contributed by atoms with Crippen molar-refractivity contribution in [2.75, 3.05) is 38.5 Å². The molecule has 0 fully saturated rings. The second kappa shape index (κ2) is 15.5. The first-order valence-corrected chi connectivity index (χ1v) is 13.2. The molecule has 1 atom stereocenters. The number of carbonyl (C=O) groups excluding carboxylic acids is 1. The lowest BCUT2D eigenvalue weighted by Gasteiger charge is -2.13. The molecule has 8 nitrogen and oxygen atoms in total. The fourth-order valence-electron chi connectivity index (χ4n) is 3.82. The Morgan fingerprint density at radius 2 is 1.77 bits per heavy atom. The zero-order valence-electron chi connectivity index (χ0n) is 18.9. The molecule has 0 saturated carbocycles. The molecule has 0 aliphatic carbocycles. The van der Waals surface area contributed by atoms with Crippen molar-refractivity contribution >= 4 is 21.7 Å². The number of aliphatic hydroxyl groups is 2. The predicted octanol–water partition coefficient (Wildman–Crippen LogP) is 2.00. The zero-order valence-corrected chi connectivity index (χ0v) is 19.7. The minimum Gasteiger partial charge on any atom is -0.392 e. The molecule has 0 bridgehead atoms. The Balaban J connectivity index is 2.44. The quantitative estimate of drug-likeness (QED) is 0.124. The Labute approximate surface area is 187 Å². The summed E-state index contributed by atoms with van der Waals surface area (Å²) in [4.78, 5) is 14.6. The van der Waals surface area contributed by atoms with Crippen molar-refractivity contribution in [3.8, 4) is 0 Å². The first-order chi connectivity index (χ1) is 14.8. The van der Waals surface area contributed by atoms with Gasteiger partial charge in [-0.15, -0.1) is 0 Å². The Morgan fingerprint density at radius 1 is 1.13 bits per heavy atom. The van der Waals surface area contributed by atoms with Crippen molar-refractivity contribution in [2.24, 2.45) is 0 Å². The van der Waals surface area contributed by atoms with E-state index in [1.54, 1.807) is 9.48 Å². The third-order valence-corrected chi connectivity index (χ3v) is 6.16. The molecular formula is C22H41N2O6S+. The van der Waals surface area contributed by atoms with Gasteiger partial charge in [-0.05, 0) is 25.7 Å². The molecular weight excluding hydrogens is 420 g/mol. The van der Waals surface area contributed by atoms with Crippen molar-refractivity contribution in [2.45, 2.75) is 77.2 Å². The van der Waals surface area contributed by atoms with Gasteiger partial charge in [-0.1, -0.05) is 51.2 Å². The number of β-amino-alcohol motifs (C(OH)–C–C–N with tert-alkyl or cyclic N) is 2. The second-order valence-electron chi connectivity index (χ2n) is 8.23. The number of rotatable bonds is 18.